The van der Waals surface area contributed by atoms with E-state index >= 15 is 0 Å². The fourth-order valence-corrected chi connectivity index (χ4v) is 5.24. The Morgan fingerprint density at radius 1 is 1.07 bits per heavy atom. The summed E-state index contributed by atoms with van der Waals surface area (Å²) in [5, 5.41) is 4.42. The van der Waals surface area contributed by atoms with Crippen LogP contribution in [0.15, 0.2) is 34.3 Å². The first-order valence-corrected chi connectivity index (χ1v) is 10.7. The second-order valence-electron chi connectivity index (χ2n) is 7.41. The summed E-state index contributed by atoms with van der Waals surface area (Å²) in [6.07, 6.45) is 3.87. The third kappa shape index (κ3) is 4.11. The van der Waals surface area contributed by atoms with E-state index in [-0.39, 0.29) is 0 Å². The van der Waals surface area contributed by atoms with Crippen molar-refractivity contribution in [2.75, 3.05) is 33.9 Å². The van der Waals surface area contributed by atoms with Crippen molar-refractivity contribution < 1.29 is 9.47 Å². The molecule has 0 spiro atoms. The Balaban J connectivity index is 1.67. The van der Waals surface area contributed by atoms with Crippen molar-refractivity contribution in [3.63, 3.8) is 0 Å². The highest BCUT2D eigenvalue weighted by Crippen LogP contribution is 2.38. The molecule has 3 heterocycles. The lowest BCUT2D eigenvalue weighted by Crippen LogP contribution is -2.54. The fraction of sp³-hybridized carbons (Fsp3) is 0.524. The maximum absolute atomic E-state index is 5.31. The number of rotatable bonds is 5. The molecule has 2 aliphatic rings. The van der Waals surface area contributed by atoms with Gasteiger partial charge >= 0.3 is 0 Å². The standard InChI is InChI=1S/C21H28N4O2S/c1-14-7-8-15(20-16-6-4-5-10-25(16)11-9-22-20)17(12-14)28-21-23-18(26-2)13-19(24-21)27-3/h7-8,12-13,16,20,22H,4-6,9-11H2,1-3H3. The number of aromatic nitrogens is 2. The molecular weight excluding hydrogens is 372 g/mol. The van der Waals surface area contributed by atoms with Crippen LogP contribution in [-0.4, -0.2) is 54.8 Å². The van der Waals surface area contributed by atoms with Crippen LogP contribution < -0.4 is 14.8 Å². The number of hydrogen-bond donors (Lipinski definition) is 1. The van der Waals surface area contributed by atoms with Crippen LogP contribution in [0.25, 0.3) is 0 Å². The molecule has 0 saturated carbocycles. The summed E-state index contributed by atoms with van der Waals surface area (Å²) in [7, 11) is 3.22. The van der Waals surface area contributed by atoms with Gasteiger partial charge in [-0.2, -0.15) is 9.97 Å². The van der Waals surface area contributed by atoms with Gasteiger partial charge in [-0.15, -0.1) is 0 Å². The molecule has 4 rings (SSSR count). The number of methoxy groups -OCH3 is 2. The van der Waals surface area contributed by atoms with Crippen molar-refractivity contribution in [2.24, 2.45) is 0 Å². The summed E-state index contributed by atoms with van der Waals surface area (Å²) < 4.78 is 10.6. The Kier molecular flexibility index (Phi) is 6.04. The van der Waals surface area contributed by atoms with Crippen molar-refractivity contribution in [2.45, 2.75) is 48.3 Å². The number of nitrogens with one attached hydrogen (secondary N) is 1. The van der Waals surface area contributed by atoms with Gasteiger partial charge in [-0.25, -0.2) is 0 Å². The first kappa shape index (κ1) is 19.5. The number of hydrogen-bond acceptors (Lipinski definition) is 7. The van der Waals surface area contributed by atoms with E-state index in [1.165, 1.54) is 41.8 Å². The van der Waals surface area contributed by atoms with Gasteiger partial charge in [0.15, 0.2) is 5.16 Å². The summed E-state index contributed by atoms with van der Waals surface area (Å²) in [6.45, 7) is 5.52. The van der Waals surface area contributed by atoms with Gasteiger partial charge in [0.25, 0.3) is 0 Å². The molecule has 2 unspecified atom stereocenters. The molecule has 2 fully saturated rings. The van der Waals surface area contributed by atoms with Crippen molar-refractivity contribution in [1.29, 1.82) is 0 Å². The molecule has 28 heavy (non-hydrogen) atoms. The molecule has 1 aromatic carbocycles. The molecule has 7 heteroatoms. The van der Waals surface area contributed by atoms with Gasteiger partial charge in [-0.05, 0) is 55.3 Å². The van der Waals surface area contributed by atoms with E-state index in [0.29, 0.717) is 29.0 Å². The predicted molar refractivity (Wildman–Crippen MR) is 110 cm³/mol. The Morgan fingerprint density at radius 3 is 2.61 bits per heavy atom. The Labute approximate surface area is 171 Å². The molecule has 6 nitrogen and oxygen atoms in total. The second-order valence-corrected chi connectivity index (χ2v) is 8.42. The first-order chi connectivity index (χ1) is 13.7. The molecule has 150 valence electrons. The van der Waals surface area contributed by atoms with Crippen molar-refractivity contribution >= 4 is 11.8 Å². The summed E-state index contributed by atoms with van der Waals surface area (Å²) in [5.74, 6) is 1.02. The van der Waals surface area contributed by atoms with Crippen LogP contribution in [0, 0.1) is 6.92 Å². The quantitative estimate of drug-likeness (QED) is 0.772. The van der Waals surface area contributed by atoms with Crippen molar-refractivity contribution in [1.82, 2.24) is 20.2 Å². The minimum Gasteiger partial charge on any atom is -0.481 e. The molecule has 0 radical (unpaired) electrons. The summed E-state index contributed by atoms with van der Waals surface area (Å²) in [5.41, 5.74) is 2.56. The normalized spacial score (nSPS) is 22.5. The predicted octanol–water partition coefficient (Wildman–Crippen LogP) is 3.45. The van der Waals surface area contributed by atoms with E-state index in [1.54, 1.807) is 32.0 Å². The lowest BCUT2D eigenvalue weighted by Gasteiger charge is -2.45. The van der Waals surface area contributed by atoms with Gasteiger partial charge < -0.3 is 14.8 Å². The van der Waals surface area contributed by atoms with Crippen LogP contribution in [0.5, 0.6) is 11.8 Å². The van der Waals surface area contributed by atoms with Crippen LogP contribution in [-0.2, 0) is 0 Å². The van der Waals surface area contributed by atoms with Crippen molar-refractivity contribution in [3.05, 3.63) is 35.4 Å². The third-order valence-electron chi connectivity index (χ3n) is 5.59. The molecule has 2 aromatic rings. The number of ether oxygens (including phenoxy) is 2. The zero-order valence-electron chi connectivity index (χ0n) is 16.8. The number of piperazine rings is 1. The van der Waals surface area contributed by atoms with E-state index < -0.39 is 0 Å². The van der Waals surface area contributed by atoms with Crippen molar-refractivity contribution in [3.8, 4) is 11.8 Å². The van der Waals surface area contributed by atoms with E-state index in [0.717, 1.165) is 13.1 Å². The van der Waals surface area contributed by atoms with Gasteiger partial charge in [0.05, 0.1) is 20.3 Å². The highest BCUT2D eigenvalue weighted by molar-refractivity contribution is 7.99. The van der Waals surface area contributed by atoms with Crippen LogP contribution in [0.2, 0.25) is 0 Å². The minimum absolute atomic E-state index is 0.338. The maximum Gasteiger partial charge on any atom is 0.220 e. The van der Waals surface area contributed by atoms with Gasteiger partial charge in [0, 0.05) is 30.1 Å². The first-order valence-electron chi connectivity index (χ1n) is 9.91. The van der Waals surface area contributed by atoms with Crippen LogP contribution in [0.1, 0.15) is 36.4 Å². The monoisotopic (exact) mass is 400 g/mol. The van der Waals surface area contributed by atoms with Gasteiger partial charge in [-0.1, -0.05) is 18.6 Å². The molecule has 0 amide bonds. The smallest absolute Gasteiger partial charge is 0.220 e. The Morgan fingerprint density at radius 2 is 1.86 bits per heavy atom. The van der Waals surface area contributed by atoms with E-state index in [9.17, 15) is 0 Å². The van der Waals surface area contributed by atoms with Crippen LogP contribution >= 0.6 is 11.8 Å². The minimum atomic E-state index is 0.338. The summed E-state index contributed by atoms with van der Waals surface area (Å²) in [6, 6.07) is 9.30. The SMILES string of the molecule is COc1cc(OC)nc(Sc2cc(C)ccc2C2NCCN3CCCCC23)n1. The van der Waals surface area contributed by atoms with Crippen LogP contribution in [0.3, 0.4) is 0 Å². The lowest BCUT2D eigenvalue weighted by molar-refractivity contribution is 0.0822. The summed E-state index contributed by atoms with van der Waals surface area (Å²) in [4.78, 5) is 12.9. The highest BCUT2D eigenvalue weighted by atomic mass is 32.2. The second kappa shape index (κ2) is 8.68. The largest absolute Gasteiger partial charge is 0.481 e. The fourth-order valence-electron chi connectivity index (χ4n) is 4.21. The lowest BCUT2D eigenvalue weighted by atomic mass is 9.88. The molecular formula is C21H28N4O2S. The van der Waals surface area contributed by atoms with Gasteiger partial charge in [0.1, 0.15) is 0 Å². The van der Waals surface area contributed by atoms with E-state index in [4.69, 9.17) is 9.47 Å². The number of nitrogens with zero attached hydrogens (tertiary/aromatic N) is 3. The molecule has 0 bridgehead atoms. The zero-order chi connectivity index (χ0) is 19.5. The number of piperidine rings is 1. The highest BCUT2D eigenvalue weighted by Gasteiger charge is 2.34. The molecule has 2 saturated heterocycles. The topological polar surface area (TPSA) is 59.5 Å². The third-order valence-corrected chi connectivity index (χ3v) is 6.53. The Bertz CT molecular complexity index is 808. The van der Waals surface area contributed by atoms with Crippen LogP contribution in [0.4, 0.5) is 0 Å². The zero-order valence-corrected chi connectivity index (χ0v) is 17.6. The molecule has 2 aliphatic heterocycles. The molecule has 1 aromatic heterocycles. The van der Waals surface area contributed by atoms with E-state index in [2.05, 4.69) is 45.3 Å². The number of aryl methyl sites for hydroxylation is 1. The number of benzene rings is 1. The molecule has 0 aliphatic carbocycles. The molecule has 2 atom stereocenters. The average molecular weight is 401 g/mol. The van der Waals surface area contributed by atoms with Gasteiger partial charge in [0.2, 0.25) is 11.8 Å². The molecule has 1 N–H and O–H groups in total. The summed E-state index contributed by atoms with van der Waals surface area (Å²) >= 11 is 1.58. The number of fused-ring (bicyclic) bond motifs is 1. The average Bonchev–Trinajstić information content (AvgIpc) is 2.73. The van der Waals surface area contributed by atoms with Gasteiger partial charge in [-0.3, -0.25) is 4.90 Å². The maximum atomic E-state index is 5.31. The Hall–Kier alpha value is -1.83. The van der Waals surface area contributed by atoms with E-state index in [1.807, 2.05) is 0 Å².